The second-order valence-electron chi connectivity index (χ2n) is 4.56. The van der Waals surface area contributed by atoms with Gasteiger partial charge in [0.1, 0.15) is 0 Å². The van der Waals surface area contributed by atoms with Crippen molar-refractivity contribution >= 4 is 11.6 Å². The van der Waals surface area contributed by atoms with E-state index in [1.807, 2.05) is 12.1 Å². The smallest absolute Gasteiger partial charge is 0.0438 e. The first-order valence-corrected chi connectivity index (χ1v) is 6.47. The summed E-state index contributed by atoms with van der Waals surface area (Å²) in [7, 11) is 0. The van der Waals surface area contributed by atoms with Crippen LogP contribution in [-0.4, -0.2) is 13.1 Å². The summed E-state index contributed by atoms with van der Waals surface area (Å²) >= 11 is 6.16. The lowest BCUT2D eigenvalue weighted by Crippen LogP contribution is -2.25. The molecule has 0 fully saturated rings. The Kier molecular flexibility index (Phi) is 5.86. The average molecular weight is 240 g/mol. The Balaban J connectivity index is 2.50. The second-order valence-corrected chi connectivity index (χ2v) is 4.96. The Bertz CT molecular complexity index is 311. The molecule has 0 saturated carbocycles. The van der Waals surface area contributed by atoms with Crippen LogP contribution in [0.4, 0.5) is 0 Å². The Morgan fingerprint density at radius 1 is 1.19 bits per heavy atom. The summed E-state index contributed by atoms with van der Waals surface area (Å²) in [6, 6.07) is 8.14. The van der Waals surface area contributed by atoms with Crippen molar-refractivity contribution in [2.24, 2.45) is 11.8 Å². The normalized spacial score (nSPS) is 14.8. The molecule has 0 bridgehead atoms. The van der Waals surface area contributed by atoms with Crippen LogP contribution in [0.15, 0.2) is 24.3 Å². The highest BCUT2D eigenvalue weighted by atomic mass is 35.5. The molecule has 0 saturated heterocycles. The summed E-state index contributed by atoms with van der Waals surface area (Å²) in [4.78, 5) is 0. The minimum Gasteiger partial charge on any atom is -0.317 e. The quantitative estimate of drug-likeness (QED) is 0.797. The summed E-state index contributed by atoms with van der Waals surface area (Å²) in [5.41, 5.74) is 1.26. The maximum Gasteiger partial charge on any atom is 0.0438 e. The monoisotopic (exact) mass is 239 g/mol. The van der Waals surface area contributed by atoms with Gasteiger partial charge < -0.3 is 5.32 Å². The molecule has 1 rings (SSSR count). The maximum absolute atomic E-state index is 6.16. The molecule has 2 unspecified atom stereocenters. The number of benzene rings is 1. The van der Waals surface area contributed by atoms with Gasteiger partial charge in [-0.1, -0.05) is 50.6 Å². The predicted octanol–water partition coefficient (Wildman–Crippen LogP) is 3.76. The molecule has 1 aromatic carbocycles. The average Bonchev–Trinajstić information content (AvgIpc) is 2.28. The molecule has 0 spiro atoms. The van der Waals surface area contributed by atoms with E-state index in [1.54, 1.807) is 0 Å². The highest BCUT2D eigenvalue weighted by molar-refractivity contribution is 6.31. The molecule has 0 amide bonds. The summed E-state index contributed by atoms with van der Waals surface area (Å²) in [5, 5.41) is 4.29. The van der Waals surface area contributed by atoms with Crippen LogP contribution in [0.5, 0.6) is 0 Å². The van der Waals surface area contributed by atoms with Crippen molar-refractivity contribution in [1.29, 1.82) is 0 Å². The second kappa shape index (κ2) is 6.93. The number of halogens is 1. The van der Waals surface area contributed by atoms with Crippen molar-refractivity contribution in [3.8, 4) is 0 Å². The largest absolute Gasteiger partial charge is 0.317 e. The Morgan fingerprint density at radius 3 is 2.50 bits per heavy atom. The van der Waals surface area contributed by atoms with E-state index in [0.717, 1.165) is 24.5 Å². The molecule has 0 aliphatic heterocycles. The zero-order chi connectivity index (χ0) is 12.0. The molecule has 16 heavy (non-hydrogen) atoms. The summed E-state index contributed by atoms with van der Waals surface area (Å²) < 4.78 is 0. The molecule has 1 nitrogen and oxygen atoms in total. The van der Waals surface area contributed by atoms with E-state index < -0.39 is 0 Å². The van der Waals surface area contributed by atoms with Crippen LogP contribution >= 0.6 is 11.6 Å². The minimum absolute atomic E-state index is 0.652. The molecule has 0 radical (unpaired) electrons. The van der Waals surface area contributed by atoms with Crippen molar-refractivity contribution in [3.63, 3.8) is 0 Å². The van der Waals surface area contributed by atoms with Gasteiger partial charge in [-0.3, -0.25) is 0 Å². The zero-order valence-electron chi connectivity index (χ0n) is 10.5. The van der Waals surface area contributed by atoms with E-state index >= 15 is 0 Å². The Labute approximate surface area is 104 Å². The number of rotatable bonds is 6. The van der Waals surface area contributed by atoms with Gasteiger partial charge in [-0.25, -0.2) is 0 Å². The Morgan fingerprint density at radius 2 is 1.88 bits per heavy atom. The third-order valence-corrected chi connectivity index (χ3v) is 3.56. The van der Waals surface area contributed by atoms with Gasteiger partial charge in [-0.2, -0.15) is 0 Å². The van der Waals surface area contributed by atoms with E-state index in [0.29, 0.717) is 11.8 Å². The lowest BCUT2D eigenvalue weighted by molar-refractivity contribution is 0.368. The van der Waals surface area contributed by atoms with Crippen LogP contribution in [-0.2, 0) is 6.42 Å². The molecular weight excluding hydrogens is 218 g/mol. The SMILES string of the molecule is CCNCC(C)C(C)Cc1ccccc1Cl. The standard InChI is InChI=1S/C14H22ClN/c1-4-16-10-12(3)11(2)9-13-7-5-6-8-14(13)15/h5-8,11-12,16H,4,9-10H2,1-3H3. The molecule has 1 N–H and O–H groups in total. The highest BCUT2D eigenvalue weighted by Gasteiger charge is 2.13. The minimum atomic E-state index is 0.652. The van der Waals surface area contributed by atoms with E-state index in [1.165, 1.54) is 5.56 Å². The van der Waals surface area contributed by atoms with Gasteiger partial charge in [0.25, 0.3) is 0 Å². The van der Waals surface area contributed by atoms with Gasteiger partial charge in [0.05, 0.1) is 0 Å². The number of hydrogen-bond acceptors (Lipinski definition) is 1. The lowest BCUT2D eigenvalue weighted by Gasteiger charge is -2.20. The van der Waals surface area contributed by atoms with Gasteiger partial charge in [-0.05, 0) is 43.0 Å². The summed E-state index contributed by atoms with van der Waals surface area (Å²) in [5.74, 6) is 1.33. The fourth-order valence-electron chi connectivity index (χ4n) is 1.79. The lowest BCUT2D eigenvalue weighted by atomic mass is 9.89. The number of hydrogen-bond donors (Lipinski definition) is 1. The van der Waals surface area contributed by atoms with Crippen molar-refractivity contribution in [1.82, 2.24) is 5.32 Å². The van der Waals surface area contributed by atoms with Crippen LogP contribution in [0.3, 0.4) is 0 Å². The molecule has 0 aliphatic carbocycles. The molecule has 1 aromatic rings. The molecular formula is C14H22ClN. The zero-order valence-corrected chi connectivity index (χ0v) is 11.2. The van der Waals surface area contributed by atoms with Crippen molar-refractivity contribution in [2.75, 3.05) is 13.1 Å². The fraction of sp³-hybridized carbons (Fsp3) is 0.571. The first-order valence-electron chi connectivity index (χ1n) is 6.09. The molecule has 2 atom stereocenters. The molecule has 90 valence electrons. The molecule has 2 heteroatoms. The Hall–Kier alpha value is -0.530. The van der Waals surface area contributed by atoms with Gasteiger partial charge in [0.2, 0.25) is 0 Å². The third-order valence-electron chi connectivity index (χ3n) is 3.19. The summed E-state index contributed by atoms with van der Waals surface area (Å²) in [6.45, 7) is 8.87. The predicted molar refractivity (Wildman–Crippen MR) is 72.0 cm³/mol. The maximum atomic E-state index is 6.16. The highest BCUT2D eigenvalue weighted by Crippen LogP contribution is 2.22. The van der Waals surface area contributed by atoms with Crippen LogP contribution < -0.4 is 5.32 Å². The van der Waals surface area contributed by atoms with Gasteiger partial charge in [0, 0.05) is 5.02 Å². The van der Waals surface area contributed by atoms with Crippen molar-refractivity contribution in [3.05, 3.63) is 34.9 Å². The van der Waals surface area contributed by atoms with E-state index in [2.05, 4.69) is 38.2 Å². The first kappa shape index (κ1) is 13.5. The fourth-order valence-corrected chi connectivity index (χ4v) is 2.00. The number of nitrogens with one attached hydrogen (secondary N) is 1. The molecule has 0 aliphatic rings. The molecule has 0 aromatic heterocycles. The van der Waals surface area contributed by atoms with Crippen LogP contribution in [0.25, 0.3) is 0 Å². The van der Waals surface area contributed by atoms with E-state index in [9.17, 15) is 0 Å². The van der Waals surface area contributed by atoms with Crippen molar-refractivity contribution < 1.29 is 0 Å². The van der Waals surface area contributed by atoms with Gasteiger partial charge in [0.15, 0.2) is 0 Å². The third kappa shape index (κ3) is 4.15. The topological polar surface area (TPSA) is 12.0 Å². The first-order chi connectivity index (χ1) is 7.65. The summed E-state index contributed by atoms with van der Waals surface area (Å²) in [6.07, 6.45) is 1.06. The van der Waals surface area contributed by atoms with E-state index in [4.69, 9.17) is 11.6 Å². The van der Waals surface area contributed by atoms with Crippen LogP contribution in [0.2, 0.25) is 5.02 Å². The van der Waals surface area contributed by atoms with Gasteiger partial charge >= 0.3 is 0 Å². The van der Waals surface area contributed by atoms with Crippen LogP contribution in [0, 0.1) is 11.8 Å². The van der Waals surface area contributed by atoms with Crippen molar-refractivity contribution in [2.45, 2.75) is 27.2 Å². The van der Waals surface area contributed by atoms with Crippen LogP contribution in [0.1, 0.15) is 26.3 Å². The molecule has 0 heterocycles. The van der Waals surface area contributed by atoms with Gasteiger partial charge in [-0.15, -0.1) is 0 Å². The van der Waals surface area contributed by atoms with E-state index in [-0.39, 0.29) is 0 Å².